The number of piperidine rings is 1. The van der Waals surface area contributed by atoms with Crippen LogP contribution < -0.4 is 10.2 Å². The predicted octanol–water partition coefficient (Wildman–Crippen LogP) is 3.71. The SMILES string of the molecule is CC(C)NC(=O)[C@@]1(Cc2ccccc2)CCCN(c2ccc(F)cc2)C1=O. The lowest BCUT2D eigenvalue weighted by Crippen LogP contribution is -2.58. The van der Waals surface area contributed by atoms with E-state index in [2.05, 4.69) is 5.32 Å². The number of hydrogen-bond acceptors (Lipinski definition) is 2. The highest BCUT2D eigenvalue weighted by atomic mass is 19.1. The average Bonchev–Trinajstić information content (AvgIpc) is 2.64. The van der Waals surface area contributed by atoms with E-state index in [1.807, 2.05) is 44.2 Å². The number of hydrogen-bond donors (Lipinski definition) is 1. The van der Waals surface area contributed by atoms with Crippen molar-refractivity contribution in [1.29, 1.82) is 0 Å². The second-order valence-corrected chi connectivity index (χ2v) is 7.41. The third-order valence-electron chi connectivity index (χ3n) is 4.98. The Balaban J connectivity index is 1.98. The van der Waals surface area contributed by atoms with Crippen molar-refractivity contribution < 1.29 is 14.0 Å². The van der Waals surface area contributed by atoms with Crippen LogP contribution in [0.15, 0.2) is 54.6 Å². The molecular weight excluding hydrogens is 343 g/mol. The number of carbonyl (C=O) groups excluding carboxylic acids is 2. The summed E-state index contributed by atoms with van der Waals surface area (Å²) >= 11 is 0. The summed E-state index contributed by atoms with van der Waals surface area (Å²) < 4.78 is 13.3. The molecule has 2 amide bonds. The number of nitrogens with one attached hydrogen (secondary N) is 1. The Morgan fingerprint density at radius 2 is 1.81 bits per heavy atom. The summed E-state index contributed by atoms with van der Waals surface area (Å²) in [4.78, 5) is 28.3. The molecule has 3 rings (SSSR count). The number of anilines is 1. The van der Waals surface area contributed by atoms with E-state index >= 15 is 0 Å². The summed E-state index contributed by atoms with van der Waals surface area (Å²) in [5, 5.41) is 2.94. The molecule has 0 aliphatic carbocycles. The molecule has 1 N–H and O–H groups in total. The van der Waals surface area contributed by atoms with E-state index in [9.17, 15) is 14.0 Å². The van der Waals surface area contributed by atoms with Crippen LogP contribution in [0.3, 0.4) is 0 Å². The van der Waals surface area contributed by atoms with E-state index < -0.39 is 5.41 Å². The van der Waals surface area contributed by atoms with Gasteiger partial charge in [-0.25, -0.2) is 4.39 Å². The minimum Gasteiger partial charge on any atom is -0.353 e. The minimum absolute atomic E-state index is 0.0563. The van der Waals surface area contributed by atoms with Gasteiger partial charge in [-0.2, -0.15) is 0 Å². The quantitative estimate of drug-likeness (QED) is 0.818. The van der Waals surface area contributed by atoms with Crippen LogP contribution in [0, 0.1) is 11.2 Å². The summed E-state index contributed by atoms with van der Waals surface area (Å²) in [5.74, 6) is -0.808. The number of halogens is 1. The molecule has 1 fully saturated rings. The van der Waals surface area contributed by atoms with E-state index in [1.54, 1.807) is 17.0 Å². The highest BCUT2D eigenvalue weighted by Crippen LogP contribution is 2.37. The van der Waals surface area contributed by atoms with Gasteiger partial charge in [0.05, 0.1) is 0 Å². The molecule has 0 bridgehead atoms. The van der Waals surface area contributed by atoms with Gasteiger partial charge in [0.15, 0.2) is 0 Å². The second-order valence-electron chi connectivity index (χ2n) is 7.41. The van der Waals surface area contributed by atoms with Crippen LogP contribution in [0.2, 0.25) is 0 Å². The molecule has 27 heavy (non-hydrogen) atoms. The molecule has 2 aromatic rings. The van der Waals surface area contributed by atoms with Crippen molar-refractivity contribution in [3.8, 4) is 0 Å². The Labute approximate surface area is 159 Å². The molecule has 5 heteroatoms. The molecule has 0 aromatic heterocycles. The smallest absolute Gasteiger partial charge is 0.243 e. The molecule has 4 nitrogen and oxygen atoms in total. The van der Waals surface area contributed by atoms with Gasteiger partial charge in [0.2, 0.25) is 11.8 Å². The maximum Gasteiger partial charge on any atom is 0.243 e. The van der Waals surface area contributed by atoms with Crippen LogP contribution in [0.4, 0.5) is 10.1 Å². The maximum atomic E-state index is 13.5. The largest absolute Gasteiger partial charge is 0.353 e. The van der Waals surface area contributed by atoms with Gasteiger partial charge in [0.1, 0.15) is 11.2 Å². The minimum atomic E-state index is -1.15. The highest BCUT2D eigenvalue weighted by Gasteiger charge is 2.50. The Morgan fingerprint density at radius 1 is 1.15 bits per heavy atom. The monoisotopic (exact) mass is 368 g/mol. The van der Waals surface area contributed by atoms with Crippen molar-refractivity contribution in [2.45, 2.75) is 39.2 Å². The molecule has 0 radical (unpaired) electrons. The number of amides is 2. The number of benzene rings is 2. The summed E-state index contributed by atoms with van der Waals surface area (Å²) in [6, 6.07) is 15.4. The second kappa shape index (κ2) is 7.91. The van der Waals surface area contributed by atoms with Crippen molar-refractivity contribution in [3.05, 3.63) is 66.0 Å². The van der Waals surface area contributed by atoms with E-state index in [1.165, 1.54) is 12.1 Å². The fourth-order valence-electron chi connectivity index (χ4n) is 3.67. The third-order valence-corrected chi connectivity index (χ3v) is 4.98. The van der Waals surface area contributed by atoms with Crippen molar-refractivity contribution in [2.75, 3.05) is 11.4 Å². The fraction of sp³-hybridized carbons (Fsp3) is 0.364. The van der Waals surface area contributed by atoms with Crippen LogP contribution >= 0.6 is 0 Å². The molecule has 142 valence electrons. The fourth-order valence-corrected chi connectivity index (χ4v) is 3.67. The molecule has 2 aromatic carbocycles. The van der Waals surface area contributed by atoms with Crippen LogP contribution in [0.5, 0.6) is 0 Å². The van der Waals surface area contributed by atoms with Gasteiger partial charge in [0.25, 0.3) is 0 Å². The highest BCUT2D eigenvalue weighted by molar-refractivity contribution is 6.12. The Kier molecular flexibility index (Phi) is 5.59. The van der Waals surface area contributed by atoms with Crippen LogP contribution in [0.25, 0.3) is 0 Å². The molecule has 1 aliphatic rings. The zero-order chi connectivity index (χ0) is 19.4. The lowest BCUT2D eigenvalue weighted by molar-refractivity contribution is -0.144. The van der Waals surface area contributed by atoms with Crippen LogP contribution in [-0.2, 0) is 16.0 Å². The molecule has 0 spiro atoms. The summed E-state index contributed by atoms with van der Waals surface area (Å²) in [6.07, 6.45) is 1.56. The van der Waals surface area contributed by atoms with Crippen molar-refractivity contribution >= 4 is 17.5 Å². The topological polar surface area (TPSA) is 49.4 Å². The maximum absolute atomic E-state index is 13.5. The summed E-state index contributed by atoms with van der Waals surface area (Å²) in [5.41, 5.74) is 0.416. The van der Waals surface area contributed by atoms with Gasteiger partial charge in [-0.3, -0.25) is 9.59 Å². The zero-order valence-corrected chi connectivity index (χ0v) is 15.7. The first-order valence-electron chi connectivity index (χ1n) is 9.35. The average molecular weight is 368 g/mol. The van der Waals surface area contributed by atoms with Gasteiger partial charge < -0.3 is 10.2 Å². The molecule has 1 atom stereocenters. The van der Waals surface area contributed by atoms with Crippen molar-refractivity contribution in [1.82, 2.24) is 5.32 Å². The van der Waals surface area contributed by atoms with Crippen LogP contribution in [-0.4, -0.2) is 24.4 Å². The number of rotatable bonds is 5. The standard InChI is InChI=1S/C22H25FN2O2/c1-16(2)24-20(26)22(15-17-7-4-3-5-8-17)13-6-14-25(21(22)27)19-11-9-18(23)10-12-19/h3-5,7-12,16H,6,13-15H2,1-2H3,(H,24,26)/t22-/m0/s1. The van der Waals surface area contributed by atoms with Crippen LogP contribution in [0.1, 0.15) is 32.3 Å². The summed E-state index contributed by atoms with van der Waals surface area (Å²) in [6.45, 7) is 4.30. The molecule has 0 unspecified atom stereocenters. The number of nitrogens with zero attached hydrogens (tertiary/aromatic N) is 1. The van der Waals surface area contributed by atoms with Gasteiger partial charge in [-0.05, 0) is 62.9 Å². The Bertz CT molecular complexity index is 805. The molecular formula is C22H25FN2O2. The lowest BCUT2D eigenvalue weighted by Gasteiger charge is -2.41. The van der Waals surface area contributed by atoms with Crippen molar-refractivity contribution in [2.24, 2.45) is 5.41 Å². The van der Waals surface area contributed by atoms with Gasteiger partial charge in [-0.1, -0.05) is 30.3 Å². The Hall–Kier alpha value is -2.69. The van der Waals surface area contributed by atoms with E-state index in [-0.39, 0.29) is 23.7 Å². The van der Waals surface area contributed by atoms with E-state index in [0.29, 0.717) is 31.5 Å². The molecule has 0 saturated carbocycles. The van der Waals surface area contributed by atoms with E-state index in [0.717, 1.165) is 5.56 Å². The third kappa shape index (κ3) is 4.02. The first kappa shape index (κ1) is 19.1. The van der Waals surface area contributed by atoms with Crippen molar-refractivity contribution in [3.63, 3.8) is 0 Å². The van der Waals surface area contributed by atoms with Gasteiger partial charge in [0, 0.05) is 18.3 Å². The lowest BCUT2D eigenvalue weighted by atomic mass is 9.73. The molecule has 1 aliphatic heterocycles. The predicted molar refractivity (Wildman–Crippen MR) is 104 cm³/mol. The zero-order valence-electron chi connectivity index (χ0n) is 15.7. The first-order valence-corrected chi connectivity index (χ1v) is 9.35. The first-order chi connectivity index (χ1) is 12.9. The van der Waals surface area contributed by atoms with Gasteiger partial charge >= 0.3 is 0 Å². The normalized spacial score (nSPS) is 20.0. The van der Waals surface area contributed by atoms with E-state index in [4.69, 9.17) is 0 Å². The Morgan fingerprint density at radius 3 is 2.44 bits per heavy atom. The number of carbonyl (C=O) groups is 2. The van der Waals surface area contributed by atoms with Gasteiger partial charge in [-0.15, -0.1) is 0 Å². The molecule has 1 heterocycles. The molecule has 1 saturated heterocycles. The summed E-state index contributed by atoms with van der Waals surface area (Å²) in [7, 11) is 0.